The quantitative estimate of drug-likeness (QED) is 0.859. The zero-order chi connectivity index (χ0) is 12.8. The molecule has 0 saturated heterocycles. The smallest absolute Gasteiger partial charge is 0.107 e. The van der Waals surface area contributed by atoms with Gasteiger partial charge in [0.1, 0.15) is 6.10 Å². The van der Waals surface area contributed by atoms with Gasteiger partial charge in [0.2, 0.25) is 0 Å². The van der Waals surface area contributed by atoms with E-state index in [1.165, 1.54) is 10.4 Å². The third-order valence-electron chi connectivity index (χ3n) is 2.96. The van der Waals surface area contributed by atoms with E-state index in [0.717, 1.165) is 6.42 Å². The van der Waals surface area contributed by atoms with E-state index in [1.54, 1.807) is 11.3 Å². The van der Waals surface area contributed by atoms with Crippen molar-refractivity contribution >= 4 is 11.3 Å². The molecule has 1 heterocycles. The van der Waals surface area contributed by atoms with Crippen LogP contribution in [0.5, 0.6) is 0 Å². The van der Waals surface area contributed by atoms with Crippen molar-refractivity contribution in [2.75, 3.05) is 0 Å². The van der Waals surface area contributed by atoms with Gasteiger partial charge in [-0.2, -0.15) is 0 Å². The maximum Gasteiger partial charge on any atom is 0.107 e. The Balaban J connectivity index is 2.02. The van der Waals surface area contributed by atoms with Gasteiger partial charge in [0.05, 0.1) is 6.61 Å². The number of hydrogen-bond donors (Lipinski definition) is 1. The number of hydrogen-bond acceptors (Lipinski definition) is 3. The van der Waals surface area contributed by atoms with Gasteiger partial charge in [0.15, 0.2) is 0 Å². The Labute approximate surface area is 112 Å². The van der Waals surface area contributed by atoms with Crippen molar-refractivity contribution in [1.29, 1.82) is 0 Å². The van der Waals surface area contributed by atoms with Crippen molar-refractivity contribution in [2.24, 2.45) is 5.73 Å². The van der Waals surface area contributed by atoms with Gasteiger partial charge < -0.3 is 10.5 Å². The van der Waals surface area contributed by atoms with Gasteiger partial charge in [-0.15, -0.1) is 11.3 Å². The molecule has 0 amide bonds. The third-order valence-corrected chi connectivity index (χ3v) is 3.89. The van der Waals surface area contributed by atoms with E-state index in [4.69, 9.17) is 10.5 Å². The highest BCUT2D eigenvalue weighted by Crippen LogP contribution is 2.27. The van der Waals surface area contributed by atoms with Crippen LogP contribution in [0.15, 0.2) is 47.8 Å². The van der Waals surface area contributed by atoms with Crippen LogP contribution in [0.25, 0.3) is 0 Å². The second-order valence-corrected chi connectivity index (χ2v) is 5.28. The van der Waals surface area contributed by atoms with Crippen LogP contribution in [0.2, 0.25) is 0 Å². The lowest BCUT2D eigenvalue weighted by Crippen LogP contribution is -2.28. The molecule has 0 fully saturated rings. The minimum absolute atomic E-state index is 0.00444. The summed E-state index contributed by atoms with van der Waals surface area (Å²) in [6.07, 6.45) is 0.910. The van der Waals surface area contributed by atoms with Gasteiger partial charge in [-0.25, -0.2) is 0 Å². The molecule has 2 unspecified atom stereocenters. The molecule has 0 saturated carbocycles. The summed E-state index contributed by atoms with van der Waals surface area (Å²) in [5.41, 5.74) is 7.34. The summed E-state index contributed by atoms with van der Waals surface area (Å²) < 4.78 is 6.01. The highest BCUT2D eigenvalue weighted by Gasteiger charge is 2.20. The Kier molecular flexibility index (Phi) is 4.93. The highest BCUT2D eigenvalue weighted by molar-refractivity contribution is 7.10. The van der Waals surface area contributed by atoms with E-state index in [-0.39, 0.29) is 12.1 Å². The van der Waals surface area contributed by atoms with Crippen molar-refractivity contribution in [2.45, 2.75) is 32.1 Å². The lowest BCUT2D eigenvalue weighted by atomic mass is 10.1. The number of rotatable bonds is 6. The normalized spacial score (nSPS) is 14.3. The standard InChI is InChI=1S/C15H19NOS/c1-2-13(16)15(14-9-6-10-18-14)17-11-12-7-4-3-5-8-12/h3-10,13,15H,2,11,16H2,1H3. The van der Waals surface area contributed by atoms with Crippen LogP contribution < -0.4 is 5.73 Å². The minimum Gasteiger partial charge on any atom is -0.366 e. The van der Waals surface area contributed by atoms with Crippen molar-refractivity contribution in [3.05, 3.63) is 58.3 Å². The Morgan fingerprint density at radius 3 is 2.56 bits per heavy atom. The third kappa shape index (κ3) is 3.42. The fraction of sp³-hybridized carbons (Fsp3) is 0.333. The highest BCUT2D eigenvalue weighted by atomic mass is 32.1. The Hall–Kier alpha value is -1.16. The van der Waals surface area contributed by atoms with E-state index in [2.05, 4.69) is 30.5 Å². The molecule has 18 heavy (non-hydrogen) atoms. The molecule has 2 atom stereocenters. The van der Waals surface area contributed by atoms with Crippen LogP contribution in [0, 0.1) is 0 Å². The van der Waals surface area contributed by atoms with E-state index in [1.807, 2.05) is 24.3 Å². The fourth-order valence-corrected chi connectivity index (χ4v) is 2.69. The zero-order valence-electron chi connectivity index (χ0n) is 10.6. The summed E-state index contributed by atoms with van der Waals surface area (Å²) in [5.74, 6) is 0. The molecule has 0 aliphatic rings. The van der Waals surface area contributed by atoms with Crippen LogP contribution in [0.3, 0.4) is 0 Å². The summed E-state index contributed by atoms with van der Waals surface area (Å²) in [7, 11) is 0. The van der Waals surface area contributed by atoms with Crippen LogP contribution in [0.4, 0.5) is 0 Å². The predicted octanol–water partition coefficient (Wildman–Crippen LogP) is 3.74. The Bertz CT molecular complexity index is 441. The summed E-state index contributed by atoms with van der Waals surface area (Å²) in [4.78, 5) is 1.21. The zero-order valence-corrected chi connectivity index (χ0v) is 11.4. The average Bonchev–Trinajstić information content (AvgIpc) is 2.94. The van der Waals surface area contributed by atoms with Crippen molar-refractivity contribution < 1.29 is 4.74 Å². The number of thiophene rings is 1. The maximum atomic E-state index is 6.15. The predicted molar refractivity (Wildman–Crippen MR) is 76.6 cm³/mol. The first-order valence-electron chi connectivity index (χ1n) is 6.25. The molecule has 0 aliphatic carbocycles. The molecule has 2 aromatic rings. The van der Waals surface area contributed by atoms with Gasteiger partial charge >= 0.3 is 0 Å². The number of benzene rings is 1. The van der Waals surface area contributed by atoms with E-state index in [0.29, 0.717) is 6.61 Å². The van der Waals surface area contributed by atoms with Gasteiger partial charge in [-0.1, -0.05) is 43.3 Å². The van der Waals surface area contributed by atoms with Gasteiger partial charge in [-0.05, 0) is 23.4 Å². The van der Waals surface area contributed by atoms with Crippen LogP contribution in [0.1, 0.15) is 29.9 Å². The first-order chi connectivity index (χ1) is 8.81. The molecular weight excluding hydrogens is 242 g/mol. The molecule has 2 rings (SSSR count). The summed E-state index contributed by atoms with van der Waals surface area (Å²) in [6, 6.07) is 14.4. The lowest BCUT2D eigenvalue weighted by Gasteiger charge is -2.22. The number of nitrogens with two attached hydrogens (primary N) is 1. The SMILES string of the molecule is CCC(N)C(OCc1ccccc1)c1cccs1. The van der Waals surface area contributed by atoms with E-state index in [9.17, 15) is 0 Å². The summed E-state index contributed by atoms with van der Waals surface area (Å²) >= 11 is 1.70. The molecule has 1 aromatic heterocycles. The van der Waals surface area contributed by atoms with Crippen molar-refractivity contribution in [3.63, 3.8) is 0 Å². The van der Waals surface area contributed by atoms with Crippen LogP contribution in [-0.2, 0) is 11.3 Å². The minimum atomic E-state index is -0.00444. The largest absolute Gasteiger partial charge is 0.366 e. The molecule has 0 bridgehead atoms. The first-order valence-corrected chi connectivity index (χ1v) is 7.13. The lowest BCUT2D eigenvalue weighted by molar-refractivity contribution is 0.0236. The summed E-state index contributed by atoms with van der Waals surface area (Å²) in [5, 5.41) is 2.07. The molecule has 3 heteroatoms. The van der Waals surface area contributed by atoms with E-state index >= 15 is 0 Å². The molecule has 2 N–H and O–H groups in total. The van der Waals surface area contributed by atoms with Crippen molar-refractivity contribution in [1.82, 2.24) is 0 Å². The molecule has 0 spiro atoms. The molecule has 0 aliphatic heterocycles. The maximum absolute atomic E-state index is 6.15. The second-order valence-electron chi connectivity index (χ2n) is 4.30. The Morgan fingerprint density at radius 2 is 1.94 bits per heavy atom. The van der Waals surface area contributed by atoms with Crippen molar-refractivity contribution in [3.8, 4) is 0 Å². The molecule has 2 nitrogen and oxygen atoms in total. The van der Waals surface area contributed by atoms with E-state index < -0.39 is 0 Å². The van der Waals surface area contributed by atoms with Gasteiger partial charge in [-0.3, -0.25) is 0 Å². The van der Waals surface area contributed by atoms with Crippen LogP contribution in [-0.4, -0.2) is 6.04 Å². The summed E-state index contributed by atoms with van der Waals surface area (Å²) in [6.45, 7) is 2.70. The van der Waals surface area contributed by atoms with Gasteiger partial charge in [0.25, 0.3) is 0 Å². The molecule has 1 aromatic carbocycles. The average molecular weight is 261 g/mol. The van der Waals surface area contributed by atoms with Gasteiger partial charge in [0, 0.05) is 10.9 Å². The second kappa shape index (κ2) is 6.69. The molecule has 0 radical (unpaired) electrons. The molecular formula is C15H19NOS. The Morgan fingerprint density at radius 1 is 1.17 bits per heavy atom. The topological polar surface area (TPSA) is 35.2 Å². The monoisotopic (exact) mass is 261 g/mol. The first kappa shape index (κ1) is 13.3. The molecule has 96 valence electrons. The number of ether oxygens (including phenoxy) is 1. The fourth-order valence-electron chi connectivity index (χ4n) is 1.84. The van der Waals surface area contributed by atoms with Crippen LogP contribution >= 0.6 is 11.3 Å².